The fourth-order valence-electron chi connectivity index (χ4n) is 2.06. The smallest absolute Gasteiger partial charge is 0.103 e. The van der Waals surface area contributed by atoms with Gasteiger partial charge in [0.05, 0.1) is 0 Å². The predicted octanol–water partition coefficient (Wildman–Crippen LogP) is 0.326. The van der Waals surface area contributed by atoms with Crippen LogP contribution in [0.3, 0.4) is 0 Å². The second-order valence-electron chi connectivity index (χ2n) is 3.82. The SMILES string of the molecule is NCc1ccccc1C1(O)CCNC1. The molecule has 1 aromatic rings. The minimum atomic E-state index is -0.712. The Hall–Kier alpha value is -0.900. The molecule has 0 spiro atoms. The van der Waals surface area contributed by atoms with E-state index in [9.17, 15) is 5.11 Å². The molecule has 1 aliphatic rings. The number of nitrogens with one attached hydrogen (secondary N) is 1. The molecule has 1 atom stereocenters. The third-order valence-electron chi connectivity index (χ3n) is 2.87. The predicted molar refractivity (Wildman–Crippen MR) is 55.7 cm³/mol. The van der Waals surface area contributed by atoms with Crippen molar-refractivity contribution in [2.75, 3.05) is 13.1 Å². The second kappa shape index (κ2) is 3.69. The summed E-state index contributed by atoms with van der Waals surface area (Å²) in [4.78, 5) is 0. The van der Waals surface area contributed by atoms with E-state index < -0.39 is 5.60 Å². The van der Waals surface area contributed by atoms with Crippen LogP contribution in [-0.2, 0) is 12.1 Å². The van der Waals surface area contributed by atoms with Gasteiger partial charge in [-0.15, -0.1) is 0 Å². The number of β-amino-alcohol motifs (C(OH)–C–C–N with tert-alkyl or cyclic N) is 1. The molecule has 14 heavy (non-hydrogen) atoms. The maximum absolute atomic E-state index is 10.4. The van der Waals surface area contributed by atoms with Gasteiger partial charge in [0.2, 0.25) is 0 Å². The zero-order chi connectivity index (χ0) is 10.0. The Morgan fingerprint density at radius 2 is 2.21 bits per heavy atom. The normalized spacial score (nSPS) is 26.7. The number of hydrogen-bond acceptors (Lipinski definition) is 3. The van der Waals surface area contributed by atoms with Crippen molar-refractivity contribution < 1.29 is 5.11 Å². The van der Waals surface area contributed by atoms with Crippen LogP contribution in [0.5, 0.6) is 0 Å². The van der Waals surface area contributed by atoms with Crippen molar-refractivity contribution in [3.8, 4) is 0 Å². The molecule has 3 nitrogen and oxygen atoms in total. The van der Waals surface area contributed by atoms with Crippen LogP contribution in [0.2, 0.25) is 0 Å². The van der Waals surface area contributed by atoms with Gasteiger partial charge in [-0.2, -0.15) is 0 Å². The Morgan fingerprint density at radius 3 is 2.86 bits per heavy atom. The Morgan fingerprint density at radius 1 is 1.43 bits per heavy atom. The molecule has 0 aromatic heterocycles. The number of benzene rings is 1. The van der Waals surface area contributed by atoms with Crippen LogP contribution in [0.4, 0.5) is 0 Å². The molecule has 0 saturated carbocycles. The average Bonchev–Trinajstić information content (AvgIpc) is 2.66. The lowest BCUT2D eigenvalue weighted by Crippen LogP contribution is -2.30. The summed E-state index contributed by atoms with van der Waals surface area (Å²) in [5.41, 5.74) is 6.95. The van der Waals surface area contributed by atoms with Crippen molar-refractivity contribution >= 4 is 0 Å². The molecule has 3 heteroatoms. The van der Waals surface area contributed by atoms with Gasteiger partial charge in [-0.25, -0.2) is 0 Å². The summed E-state index contributed by atoms with van der Waals surface area (Å²) in [5, 5.41) is 13.5. The molecule has 76 valence electrons. The van der Waals surface area contributed by atoms with E-state index in [0.29, 0.717) is 13.1 Å². The van der Waals surface area contributed by atoms with Crippen LogP contribution in [-0.4, -0.2) is 18.2 Å². The number of rotatable bonds is 2. The highest BCUT2D eigenvalue weighted by Crippen LogP contribution is 2.29. The van der Waals surface area contributed by atoms with E-state index in [2.05, 4.69) is 5.32 Å². The fraction of sp³-hybridized carbons (Fsp3) is 0.455. The molecule has 0 amide bonds. The summed E-state index contributed by atoms with van der Waals surface area (Å²) in [6.07, 6.45) is 0.768. The van der Waals surface area contributed by atoms with Crippen LogP contribution >= 0.6 is 0 Å². The van der Waals surface area contributed by atoms with Crippen LogP contribution in [0.1, 0.15) is 17.5 Å². The maximum Gasteiger partial charge on any atom is 0.103 e. The molecule has 2 rings (SSSR count). The van der Waals surface area contributed by atoms with Crippen molar-refractivity contribution in [2.24, 2.45) is 5.73 Å². The van der Waals surface area contributed by atoms with Crippen LogP contribution in [0.25, 0.3) is 0 Å². The van der Waals surface area contributed by atoms with Crippen LogP contribution in [0, 0.1) is 0 Å². The first-order valence-electron chi connectivity index (χ1n) is 4.98. The minimum Gasteiger partial charge on any atom is -0.384 e. The Labute approximate surface area is 83.9 Å². The van der Waals surface area contributed by atoms with E-state index in [1.54, 1.807) is 0 Å². The van der Waals surface area contributed by atoms with Gasteiger partial charge in [0.25, 0.3) is 0 Å². The molecule has 1 unspecified atom stereocenters. The molecule has 1 aliphatic heterocycles. The first-order chi connectivity index (χ1) is 6.76. The highest BCUT2D eigenvalue weighted by molar-refractivity contribution is 5.33. The third kappa shape index (κ3) is 1.54. The Kier molecular flexibility index (Phi) is 2.54. The summed E-state index contributed by atoms with van der Waals surface area (Å²) in [6, 6.07) is 7.85. The van der Waals surface area contributed by atoms with E-state index in [4.69, 9.17) is 5.73 Å². The highest BCUT2D eigenvalue weighted by Gasteiger charge is 2.34. The molecule has 1 aromatic carbocycles. The Balaban J connectivity index is 2.39. The lowest BCUT2D eigenvalue weighted by molar-refractivity contribution is 0.0578. The molecule has 1 heterocycles. The first kappa shape index (κ1) is 9.65. The van der Waals surface area contributed by atoms with Gasteiger partial charge in [-0.3, -0.25) is 0 Å². The summed E-state index contributed by atoms with van der Waals surface area (Å²) in [7, 11) is 0. The summed E-state index contributed by atoms with van der Waals surface area (Å²) in [6.45, 7) is 1.98. The molecule has 1 saturated heterocycles. The van der Waals surface area contributed by atoms with Crippen molar-refractivity contribution in [3.63, 3.8) is 0 Å². The Bertz CT molecular complexity index is 319. The topological polar surface area (TPSA) is 58.3 Å². The van der Waals surface area contributed by atoms with Crippen LogP contribution < -0.4 is 11.1 Å². The lowest BCUT2D eigenvalue weighted by atomic mass is 9.89. The van der Waals surface area contributed by atoms with Gasteiger partial charge in [0.15, 0.2) is 0 Å². The van der Waals surface area contributed by atoms with Gasteiger partial charge in [0.1, 0.15) is 5.60 Å². The largest absolute Gasteiger partial charge is 0.384 e. The van der Waals surface area contributed by atoms with Gasteiger partial charge in [-0.1, -0.05) is 24.3 Å². The number of hydrogen-bond donors (Lipinski definition) is 3. The van der Waals surface area contributed by atoms with Crippen molar-refractivity contribution in [1.29, 1.82) is 0 Å². The molecule has 0 bridgehead atoms. The molecule has 0 radical (unpaired) electrons. The molecular weight excluding hydrogens is 176 g/mol. The number of aliphatic hydroxyl groups is 1. The van der Waals surface area contributed by atoms with E-state index in [0.717, 1.165) is 24.1 Å². The summed E-state index contributed by atoms with van der Waals surface area (Å²) < 4.78 is 0. The highest BCUT2D eigenvalue weighted by atomic mass is 16.3. The summed E-state index contributed by atoms with van der Waals surface area (Å²) in [5.74, 6) is 0. The molecular formula is C11H16N2O. The molecule has 4 N–H and O–H groups in total. The quantitative estimate of drug-likeness (QED) is 0.632. The number of nitrogens with two attached hydrogens (primary N) is 1. The standard InChI is InChI=1S/C11H16N2O/c12-7-9-3-1-2-4-10(9)11(14)5-6-13-8-11/h1-4,13-14H,5-8,12H2. The van der Waals surface area contributed by atoms with E-state index in [1.165, 1.54) is 0 Å². The average molecular weight is 192 g/mol. The van der Waals surface area contributed by atoms with Crippen molar-refractivity contribution in [3.05, 3.63) is 35.4 Å². The molecule has 0 aliphatic carbocycles. The van der Waals surface area contributed by atoms with E-state index >= 15 is 0 Å². The van der Waals surface area contributed by atoms with Gasteiger partial charge >= 0.3 is 0 Å². The zero-order valence-electron chi connectivity index (χ0n) is 8.16. The maximum atomic E-state index is 10.4. The fourth-order valence-corrected chi connectivity index (χ4v) is 2.06. The van der Waals surface area contributed by atoms with Crippen molar-refractivity contribution in [2.45, 2.75) is 18.6 Å². The monoisotopic (exact) mass is 192 g/mol. The zero-order valence-corrected chi connectivity index (χ0v) is 8.16. The van der Waals surface area contributed by atoms with Crippen molar-refractivity contribution in [1.82, 2.24) is 5.32 Å². The molecule has 1 fully saturated rings. The first-order valence-corrected chi connectivity index (χ1v) is 4.98. The minimum absolute atomic E-state index is 0.485. The second-order valence-corrected chi connectivity index (χ2v) is 3.82. The lowest BCUT2D eigenvalue weighted by Gasteiger charge is -2.24. The van der Waals surface area contributed by atoms with E-state index in [1.807, 2.05) is 24.3 Å². The van der Waals surface area contributed by atoms with E-state index in [-0.39, 0.29) is 0 Å². The van der Waals surface area contributed by atoms with Gasteiger partial charge < -0.3 is 16.2 Å². The third-order valence-corrected chi connectivity index (χ3v) is 2.87. The van der Waals surface area contributed by atoms with Crippen LogP contribution in [0.15, 0.2) is 24.3 Å². The van der Waals surface area contributed by atoms with Gasteiger partial charge in [-0.05, 0) is 24.1 Å². The van der Waals surface area contributed by atoms with Gasteiger partial charge in [0, 0.05) is 13.1 Å². The summed E-state index contributed by atoms with van der Waals surface area (Å²) >= 11 is 0.